The third-order valence-corrected chi connectivity index (χ3v) is 4.04. The summed E-state index contributed by atoms with van der Waals surface area (Å²) in [5, 5.41) is 9.06. The number of nitriles is 1. The Hall–Kier alpha value is -2.80. The molecule has 0 radical (unpaired) electrons. The van der Waals surface area contributed by atoms with E-state index in [-0.39, 0.29) is 0 Å². The summed E-state index contributed by atoms with van der Waals surface area (Å²) in [5.41, 5.74) is 4.96. The predicted octanol–water partition coefficient (Wildman–Crippen LogP) is 4.08. The standard InChI is InChI=1S/C20H23N3O/c1-5-23(3)14-22-20-12-19(24-4)11-18(15(20)2)10-16-7-6-8-17(9-16)13-21/h6-9,11-12,14H,5,10H2,1-4H3/b22-14-. The Morgan fingerprint density at radius 2 is 2.08 bits per heavy atom. The predicted molar refractivity (Wildman–Crippen MR) is 98.2 cm³/mol. The fourth-order valence-corrected chi connectivity index (χ4v) is 2.38. The number of rotatable bonds is 6. The zero-order chi connectivity index (χ0) is 17.5. The van der Waals surface area contributed by atoms with Crippen LogP contribution >= 0.6 is 0 Å². The van der Waals surface area contributed by atoms with Crippen molar-refractivity contribution in [2.24, 2.45) is 4.99 Å². The molecule has 0 aromatic heterocycles. The molecule has 0 aliphatic carbocycles. The van der Waals surface area contributed by atoms with Crippen molar-refractivity contribution in [3.63, 3.8) is 0 Å². The second kappa shape index (κ2) is 8.16. The van der Waals surface area contributed by atoms with Gasteiger partial charge in [-0.25, -0.2) is 4.99 Å². The quantitative estimate of drug-likeness (QED) is 0.595. The molecule has 0 atom stereocenters. The maximum atomic E-state index is 9.06. The van der Waals surface area contributed by atoms with Crippen LogP contribution in [0.5, 0.6) is 5.75 Å². The summed E-state index contributed by atoms with van der Waals surface area (Å²) in [5.74, 6) is 0.790. The molecule has 4 heteroatoms. The van der Waals surface area contributed by atoms with Crippen LogP contribution < -0.4 is 4.74 Å². The Morgan fingerprint density at radius 1 is 1.29 bits per heavy atom. The molecule has 4 nitrogen and oxygen atoms in total. The van der Waals surface area contributed by atoms with Gasteiger partial charge in [-0.15, -0.1) is 0 Å². The number of ether oxygens (including phenoxy) is 1. The summed E-state index contributed by atoms with van der Waals surface area (Å²) in [6.45, 7) is 5.06. The Kier molecular flexibility index (Phi) is 5.97. The smallest absolute Gasteiger partial charge is 0.121 e. The van der Waals surface area contributed by atoms with Crippen LogP contribution in [-0.2, 0) is 6.42 Å². The summed E-state index contributed by atoms with van der Waals surface area (Å²) >= 11 is 0. The third-order valence-electron chi connectivity index (χ3n) is 4.04. The highest BCUT2D eigenvalue weighted by atomic mass is 16.5. The van der Waals surface area contributed by atoms with E-state index in [2.05, 4.69) is 24.9 Å². The number of hydrogen-bond donors (Lipinski definition) is 0. The molecule has 0 spiro atoms. The van der Waals surface area contributed by atoms with Gasteiger partial charge in [-0.2, -0.15) is 5.26 Å². The molecule has 0 unspecified atom stereocenters. The minimum Gasteiger partial charge on any atom is -0.497 e. The van der Waals surface area contributed by atoms with Crippen LogP contribution in [0.25, 0.3) is 0 Å². The molecule has 0 aliphatic rings. The Morgan fingerprint density at radius 3 is 2.75 bits per heavy atom. The van der Waals surface area contributed by atoms with Gasteiger partial charge in [0.05, 0.1) is 30.8 Å². The second-order valence-electron chi connectivity index (χ2n) is 5.74. The van der Waals surface area contributed by atoms with E-state index >= 15 is 0 Å². The van der Waals surface area contributed by atoms with Crippen molar-refractivity contribution in [1.29, 1.82) is 5.26 Å². The van der Waals surface area contributed by atoms with Crippen LogP contribution in [0.4, 0.5) is 5.69 Å². The van der Waals surface area contributed by atoms with Crippen molar-refractivity contribution in [3.05, 3.63) is 58.7 Å². The highest BCUT2D eigenvalue weighted by Gasteiger charge is 2.09. The van der Waals surface area contributed by atoms with E-state index in [0.29, 0.717) is 5.56 Å². The Bertz CT molecular complexity index is 775. The average molecular weight is 321 g/mol. The largest absolute Gasteiger partial charge is 0.497 e. The Labute approximate surface area is 144 Å². The minimum atomic E-state index is 0.677. The number of benzene rings is 2. The summed E-state index contributed by atoms with van der Waals surface area (Å²) in [6, 6.07) is 13.9. The summed E-state index contributed by atoms with van der Waals surface area (Å²) in [7, 11) is 3.66. The molecule has 24 heavy (non-hydrogen) atoms. The van der Waals surface area contributed by atoms with Crippen LogP contribution in [0, 0.1) is 18.3 Å². The van der Waals surface area contributed by atoms with E-state index in [1.165, 1.54) is 0 Å². The first-order valence-electron chi connectivity index (χ1n) is 7.98. The van der Waals surface area contributed by atoms with Gasteiger partial charge in [0.2, 0.25) is 0 Å². The van der Waals surface area contributed by atoms with Gasteiger partial charge in [-0.05, 0) is 55.2 Å². The van der Waals surface area contributed by atoms with Crippen molar-refractivity contribution in [2.45, 2.75) is 20.3 Å². The molecule has 124 valence electrons. The van der Waals surface area contributed by atoms with Gasteiger partial charge >= 0.3 is 0 Å². The zero-order valence-electron chi connectivity index (χ0n) is 14.7. The molecule has 0 saturated heterocycles. The lowest BCUT2D eigenvalue weighted by Crippen LogP contribution is -2.14. The van der Waals surface area contributed by atoms with Crippen LogP contribution in [0.3, 0.4) is 0 Å². The van der Waals surface area contributed by atoms with Crippen molar-refractivity contribution < 1.29 is 4.74 Å². The first kappa shape index (κ1) is 17.6. The van der Waals surface area contributed by atoms with E-state index in [0.717, 1.165) is 41.1 Å². The Balaban J connectivity index is 2.38. The number of aliphatic imine (C=N–C) groups is 1. The van der Waals surface area contributed by atoms with Crippen LogP contribution in [-0.4, -0.2) is 31.9 Å². The fourth-order valence-electron chi connectivity index (χ4n) is 2.38. The van der Waals surface area contributed by atoms with E-state index in [9.17, 15) is 0 Å². The minimum absolute atomic E-state index is 0.677. The van der Waals surface area contributed by atoms with Crippen LogP contribution in [0.1, 0.15) is 29.2 Å². The van der Waals surface area contributed by atoms with Gasteiger partial charge in [-0.3, -0.25) is 0 Å². The molecule has 0 fully saturated rings. The highest BCUT2D eigenvalue weighted by molar-refractivity contribution is 5.65. The highest BCUT2D eigenvalue weighted by Crippen LogP contribution is 2.30. The van der Waals surface area contributed by atoms with Crippen molar-refractivity contribution in [2.75, 3.05) is 20.7 Å². The third kappa shape index (κ3) is 4.36. The van der Waals surface area contributed by atoms with Gasteiger partial charge in [0.1, 0.15) is 5.75 Å². The lowest BCUT2D eigenvalue weighted by molar-refractivity contribution is 0.414. The van der Waals surface area contributed by atoms with Gasteiger partial charge < -0.3 is 9.64 Å². The lowest BCUT2D eigenvalue weighted by atomic mass is 9.98. The molecule has 2 rings (SSSR count). The lowest BCUT2D eigenvalue weighted by Gasteiger charge is -2.13. The maximum absolute atomic E-state index is 9.06. The van der Waals surface area contributed by atoms with E-state index in [1.807, 2.05) is 54.7 Å². The molecule has 2 aromatic rings. The van der Waals surface area contributed by atoms with Crippen molar-refractivity contribution in [1.82, 2.24) is 4.90 Å². The fraction of sp³-hybridized carbons (Fsp3) is 0.300. The van der Waals surface area contributed by atoms with Gasteiger partial charge in [0, 0.05) is 19.7 Å². The molecule has 0 amide bonds. The monoisotopic (exact) mass is 321 g/mol. The number of methoxy groups -OCH3 is 1. The first-order valence-corrected chi connectivity index (χ1v) is 7.98. The summed E-state index contributed by atoms with van der Waals surface area (Å²) < 4.78 is 5.43. The molecule has 0 bridgehead atoms. The molecule has 0 saturated carbocycles. The van der Waals surface area contributed by atoms with Gasteiger partial charge in [0.15, 0.2) is 0 Å². The SMILES string of the molecule is CCN(C)/C=N\c1cc(OC)cc(Cc2cccc(C#N)c2)c1C. The zero-order valence-corrected chi connectivity index (χ0v) is 14.7. The summed E-state index contributed by atoms with van der Waals surface area (Å²) in [6.07, 6.45) is 2.58. The second-order valence-corrected chi connectivity index (χ2v) is 5.74. The molecular formula is C20H23N3O. The van der Waals surface area contributed by atoms with Gasteiger partial charge in [0.25, 0.3) is 0 Å². The van der Waals surface area contributed by atoms with E-state index < -0.39 is 0 Å². The van der Waals surface area contributed by atoms with Gasteiger partial charge in [-0.1, -0.05) is 12.1 Å². The topological polar surface area (TPSA) is 48.6 Å². The molecule has 0 aliphatic heterocycles. The van der Waals surface area contributed by atoms with Crippen molar-refractivity contribution in [3.8, 4) is 11.8 Å². The molecule has 0 heterocycles. The average Bonchev–Trinajstić information content (AvgIpc) is 2.62. The van der Waals surface area contributed by atoms with E-state index in [1.54, 1.807) is 7.11 Å². The number of nitrogens with zero attached hydrogens (tertiary/aromatic N) is 3. The number of hydrogen-bond acceptors (Lipinski definition) is 3. The van der Waals surface area contributed by atoms with Crippen molar-refractivity contribution >= 4 is 12.0 Å². The van der Waals surface area contributed by atoms with Crippen LogP contribution in [0.2, 0.25) is 0 Å². The molecular weight excluding hydrogens is 298 g/mol. The first-order chi connectivity index (χ1) is 11.6. The summed E-state index contributed by atoms with van der Waals surface area (Å²) in [4.78, 5) is 6.61. The molecule has 2 aromatic carbocycles. The maximum Gasteiger partial charge on any atom is 0.121 e. The molecule has 0 N–H and O–H groups in total. The normalized spacial score (nSPS) is 10.6. The van der Waals surface area contributed by atoms with E-state index in [4.69, 9.17) is 10.00 Å². The van der Waals surface area contributed by atoms with Crippen LogP contribution in [0.15, 0.2) is 41.4 Å².